The molecule has 0 aromatic rings. The molecule has 0 aliphatic heterocycles. The van der Waals surface area contributed by atoms with Crippen molar-refractivity contribution in [3.63, 3.8) is 0 Å². The molecule has 1 saturated carbocycles. The molecule has 0 spiro atoms. The quantitative estimate of drug-likeness (QED) is 0.753. The zero-order valence-electron chi connectivity index (χ0n) is 9.49. The highest BCUT2D eigenvalue weighted by atomic mass is 16.4. The highest BCUT2D eigenvalue weighted by molar-refractivity contribution is 5.66. The van der Waals surface area contributed by atoms with Gasteiger partial charge in [0.2, 0.25) is 0 Å². The highest BCUT2D eigenvalue weighted by Gasteiger charge is 2.34. The van der Waals surface area contributed by atoms with Crippen molar-refractivity contribution in [1.82, 2.24) is 0 Å². The van der Waals surface area contributed by atoms with Gasteiger partial charge >= 0.3 is 5.97 Å². The number of hydrogen-bond acceptors (Lipinski definition) is 1. The van der Waals surface area contributed by atoms with Gasteiger partial charge in [-0.15, -0.1) is 0 Å². The van der Waals surface area contributed by atoms with E-state index in [2.05, 4.69) is 20.8 Å². The zero-order chi connectivity index (χ0) is 10.7. The Morgan fingerprint density at radius 2 is 2.07 bits per heavy atom. The summed E-state index contributed by atoms with van der Waals surface area (Å²) in [5.41, 5.74) is 0. The fourth-order valence-electron chi connectivity index (χ4n) is 2.92. The molecule has 1 rings (SSSR count). The van der Waals surface area contributed by atoms with Crippen LogP contribution in [0.3, 0.4) is 0 Å². The van der Waals surface area contributed by atoms with E-state index in [1.54, 1.807) is 0 Å². The Kier molecular flexibility index (Phi) is 3.97. The van der Waals surface area contributed by atoms with Crippen LogP contribution < -0.4 is 0 Å². The van der Waals surface area contributed by atoms with Gasteiger partial charge < -0.3 is 5.11 Å². The van der Waals surface area contributed by atoms with E-state index in [0.717, 1.165) is 18.3 Å². The first-order valence-corrected chi connectivity index (χ1v) is 5.74. The fraction of sp³-hybridized carbons (Fsp3) is 0.917. The lowest BCUT2D eigenvalue weighted by Gasteiger charge is -2.25. The number of carbonyl (C=O) groups is 1. The number of rotatable bonds is 4. The Labute approximate surface area is 86.7 Å². The maximum absolute atomic E-state index is 10.5. The summed E-state index contributed by atoms with van der Waals surface area (Å²) >= 11 is 0. The van der Waals surface area contributed by atoms with Gasteiger partial charge in [0.1, 0.15) is 0 Å². The van der Waals surface area contributed by atoms with E-state index in [1.165, 1.54) is 12.8 Å². The zero-order valence-corrected chi connectivity index (χ0v) is 9.49. The van der Waals surface area contributed by atoms with Gasteiger partial charge in [0.25, 0.3) is 0 Å². The molecule has 1 aliphatic rings. The lowest BCUT2D eigenvalue weighted by Crippen LogP contribution is -2.19. The number of aliphatic carboxylic acids is 1. The molecule has 1 fully saturated rings. The monoisotopic (exact) mass is 198 g/mol. The molecule has 2 heteroatoms. The first kappa shape index (κ1) is 11.5. The molecule has 14 heavy (non-hydrogen) atoms. The smallest absolute Gasteiger partial charge is 0.303 e. The molecular weight excluding hydrogens is 176 g/mol. The summed E-state index contributed by atoms with van der Waals surface area (Å²) in [7, 11) is 0. The summed E-state index contributed by atoms with van der Waals surface area (Å²) in [6, 6.07) is 0. The number of carboxylic acid groups (broad SMARTS) is 1. The van der Waals surface area contributed by atoms with Gasteiger partial charge in [-0.2, -0.15) is 0 Å². The van der Waals surface area contributed by atoms with Gasteiger partial charge in [0.15, 0.2) is 0 Å². The average Bonchev–Trinajstić information content (AvgIpc) is 2.43. The Hall–Kier alpha value is -0.530. The summed E-state index contributed by atoms with van der Waals surface area (Å²) in [5.74, 6) is 2.18. The molecule has 3 unspecified atom stereocenters. The van der Waals surface area contributed by atoms with Crippen LogP contribution in [0.2, 0.25) is 0 Å². The first-order valence-electron chi connectivity index (χ1n) is 5.74. The fourth-order valence-corrected chi connectivity index (χ4v) is 2.92. The van der Waals surface area contributed by atoms with Crippen LogP contribution in [0.15, 0.2) is 0 Å². The van der Waals surface area contributed by atoms with E-state index in [9.17, 15) is 4.79 Å². The van der Waals surface area contributed by atoms with Crippen LogP contribution in [0.5, 0.6) is 0 Å². The van der Waals surface area contributed by atoms with Crippen molar-refractivity contribution in [3.05, 3.63) is 0 Å². The normalized spacial score (nSPS) is 32.4. The Morgan fingerprint density at radius 1 is 1.43 bits per heavy atom. The molecule has 0 aromatic carbocycles. The molecule has 1 N–H and O–H groups in total. The van der Waals surface area contributed by atoms with E-state index in [4.69, 9.17) is 5.11 Å². The molecule has 0 amide bonds. The molecule has 0 aromatic heterocycles. The van der Waals surface area contributed by atoms with Crippen LogP contribution in [0.25, 0.3) is 0 Å². The highest BCUT2D eigenvalue weighted by Crippen LogP contribution is 2.43. The predicted octanol–water partition coefficient (Wildman–Crippen LogP) is 3.17. The summed E-state index contributed by atoms with van der Waals surface area (Å²) in [4.78, 5) is 10.5. The molecule has 0 heterocycles. The van der Waals surface area contributed by atoms with Gasteiger partial charge in [0.05, 0.1) is 0 Å². The van der Waals surface area contributed by atoms with E-state index < -0.39 is 5.97 Å². The average molecular weight is 198 g/mol. The van der Waals surface area contributed by atoms with Crippen molar-refractivity contribution in [1.29, 1.82) is 0 Å². The summed E-state index contributed by atoms with van der Waals surface area (Å²) in [6.45, 7) is 6.79. The molecular formula is C12H22O2. The molecule has 2 nitrogen and oxygen atoms in total. The Balaban J connectivity index is 2.49. The van der Waals surface area contributed by atoms with Crippen LogP contribution in [0, 0.1) is 23.7 Å². The Bertz CT molecular complexity index is 198. The lowest BCUT2D eigenvalue weighted by molar-refractivity contribution is -0.137. The lowest BCUT2D eigenvalue weighted by atomic mass is 9.80. The van der Waals surface area contributed by atoms with Gasteiger partial charge in [-0.1, -0.05) is 27.2 Å². The van der Waals surface area contributed by atoms with Gasteiger partial charge in [0, 0.05) is 6.42 Å². The third-order valence-electron chi connectivity index (χ3n) is 3.78. The van der Waals surface area contributed by atoms with E-state index >= 15 is 0 Å². The standard InChI is InChI=1S/C12H22O2/c1-8(2)10-5-4-9(3)11(10)6-7-12(13)14/h8-11H,4-7H2,1-3H3,(H,13,14). The second-order valence-electron chi connectivity index (χ2n) is 5.06. The molecule has 82 valence electrons. The van der Waals surface area contributed by atoms with Crippen molar-refractivity contribution < 1.29 is 9.90 Å². The maximum atomic E-state index is 10.5. The Morgan fingerprint density at radius 3 is 2.57 bits per heavy atom. The van der Waals surface area contributed by atoms with Crippen molar-refractivity contribution >= 4 is 5.97 Å². The molecule has 3 atom stereocenters. The number of hydrogen-bond donors (Lipinski definition) is 1. The summed E-state index contributed by atoms with van der Waals surface area (Å²) in [6.07, 6.45) is 3.80. The van der Waals surface area contributed by atoms with Crippen LogP contribution in [-0.4, -0.2) is 11.1 Å². The van der Waals surface area contributed by atoms with Gasteiger partial charge in [-0.3, -0.25) is 4.79 Å². The minimum atomic E-state index is -0.647. The topological polar surface area (TPSA) is 37.3 Å². The van der Waals surface area contributed by atoms with Gasteiger partial charge in [-0.05, 0) is 36.5 Å². The third kappa shape index (κ3) is 2.73. The molecule has 0 saturated heterocycles. The van der Waals surface area contributed by atoms with Gasteiger partial charge in [-0.25, -0.2) is 0 Å². The maximum Gasteiger partial charge on any atom is 0.303 e. The van der Waals surface area contributed by atoms with E-state index in [0.29, 0.717) is 18.3 Å². The SMILES string of the molecule is CC(C)C1CCC(C)C1CCC(=O)O. The van der Waals surface area contributed by atoms with Crippen LogP contribution >= 0.6 is 0 Å². The second kappa shape index (κ2) is 4.81. The predicted molar refractivity (Wildman–Crippen MR) is 57.1 cm³/mol. The van der Waals surface area contributed by atoms with Crippen molar-refractivity contribution in [2.75, 3.05) is 0 Å². The van der Waals surface area contributed by atoms with E-state index in [-0.39, 0.29) is 0 Å². The van der Waals surface area contributed by atoms with Crippen molar-refractivity contribution in [2.45, 2.75) is 46.5 Å². The van der Waals surface area contributed by atoms with Crippen LogP contribution in [0.1, 0.15) is 46.5 Å². The molecule has 0 radical (unpaired) electrons. The van der Waals surface area contributed by atoms with Crippen LogP contribution in [0.4, 0.5) is 0 Å². The second-order valence-corrected chi connectivity index (χ2v) is 5.06. The van der Waals surface area contributed by atoms with Crippen LogP contribution in [-0.2, 0) is 4.79 Å². The van der Waals surface area contributed by atoms with Crippen molar-refractivity contribution in [2.24, 2.45) is 23.7 Å². The van der Waals surface area contributed by atoms with Crippen molar-refractivity contribution in [3.8, 4) is 0 Å². The minimum absolute atomic E-state index is 0.345. The first-order chi connectivity index (χ1) is 6.52. The molecule has 1 aliphatic carbocycles. The molecule has 0 bridgehead atoms. The number of carboxylic acids is 1. The van der Waals surface area contributed by atoms with E-state index in [1.807, 2.05) is 0 Å². The minimum Gasteiger partial charge on any atom is -0.481 e. The summed E-state index contributed by atoms with van der Waals surface area (Å²) in [5, 5.41) is 8.68. The summed E-state index contributed by atoms with van der Waals surface area (Å²) < 4.78 is 0. The largest absolute Gasteiger partial charge is 0.481 e. The third-order valence-corrected chi connectivity index (χ3v) is 3.78.